The number of rotatable bonds is 1. The predicted molar refractivity (Wildman–Crippen MR) is 68.4 cm³/mol. The van der Waals surface area contributed by atoms with Crippen molar-refractivity contribution in [1.29, 1.82) is 0 Å². The minimum Gasteiger partial charge on any atom is -0.260 e. The van der Waals surface area contributed by atoms with Crippen molar-refractivity contribution in [1.82, 2.24) is 4.98 Å². The second kappa shape index (κ2) is 4.09. The second-order valence-corrected chi connectivity index (χ2v) is 5.02. The van der Waals surface area contributed by atoms with Crippen molar-refractivity contribution in [3.63, 3.8) is 0 Å². The van der Waals surface area contributed by atoms with Gasteiger partial charge in [0.15, 0.2) is 0 Å². The third kappa shape index (κ3) is 2.13. The van der Waals surface area contributed by atoms with Gasteiger partial charge in [-0.1, -0.05) is 57.2 Å². The number of aromatic nitrogens is 1. The molecule has 0 fully saturated rings. The van der Waals surface area contributed by atoms with Crippen LogP contribution in [0.2, 0.25) is 0 Å². The molecule has 1 heterocycles. The molecule has 16 heavy (non-hydrogen) atoms. The van der Waals surface area contributed by atoms with Gasteiger partial charge >= 0.3 is 0 Å². The molecule has 2 aromatic rings. The molecule has 0 aliphatic heterocycles. The molecule has 1 heteroatoms. The highest BCUT2D eigenvalue weighted by Gasteiger charge is 2.19. The molecule has 0 amide bonds. The first-order chi connectivity index (χ1) is 7.59. The van der Waals surface area contributed by atoms with Crippen molar-refractivity contribution in [2.24, 2.45) is 0 Å². The maximum absolute atomic E-state index is 4.53. The third-order valence-corrected chi connectivity index (χ3v) is 2.60. The summed E-state index contributed by atoms with van der Waals surface area (Å²) >= 11 is 0. The van der Waals surface area contributed by atoms with Crippen LogP contribution in [-0.2, 0) is 5.41 Å². The number of benzene rings is 1. The van der Waals surface area contributed by atoms with Crippen LogP contribution in [0.5, 0.6) is 0 Å². The highest BCUT2D eigenvalue weighted by atomic mass is 14.7. The molecular weight excluding hydrogens is 194 g/mol. The van der Waals surface area contributed by atoms with E-state index in [1.165, 1.54) is 11.1 Å². The highest BCUT2D eigenvalue weighted by molar-refractivity contribution is 5.66. The Bertz CT molecular complexity index is 466. The SMILES string of the molecule is CC(C)(C)c1ncccc1-c1ccccc1. The van der Waals surface area contributed by atoms with Crippen molar-refractivity contribution in [3.05, 3.63) is 54.4 Å². The lowest BCUT2D eigenvalue weighted by Gasteiger charge is -2.21. The molecule has 1 nitrogen and oxygen atoms in total. The lowest BCUT2D eigenvalue weighted by molar-refractivity contribution is 0.571. The average Bonchev–Trinajstić information content (AvgIpc) is 2.29. The normalized spacial score (nSPS) is 11.4. The van der Waals surface area contributed by atoms with Crippen molar-refractivity contribution < 1.29 is 0 Å². The van der Waals surface area contributed by atoms with Gasteiger partial charge in [0, 0.05) is 17.2 Å². The topological polar surface area (TPSA) is 12.9 Å². The summed E-state index contributed by atoms with van der Waals surface area (Å²) in [7, 11) is 0. The van der Waals surface area contributed by atoms with Crippen molar-refractivity contribution >= 4 is 0 Å². The van der Waals surface area contributed by atoms with E-state index in [-0.39, 0.29) is 5.41 Å². The summed E-state index contributed by atoms with van der Waals surface area (Å²) in [4.78, 5) is 4.53. The average molecular weight is 211 g/mol. The van der Waals surface area contributed by atoms with Crippen LogP contribution in [0, 0.1) is 0 Å². The zero-order valence-electron chi connectivity index (χ0n) is 10.1. The van der Waals surface area contributed by atoms with Crippen LogP contribution in [-0.4, -0.2) is 4.98 Å². The Kier molecular flexibility index (Phi) is 2.78. The predicted octanol–water partition coefficient (Wildman–Crippen LogP) is 4.05. The van der Waals surface area contributed by atoms with E-state index in [0.29, 0.717) is 0 Å². The second-order valence-electron chi connectivity index (χ2n) is 5.02. The molecule has 0 radical (unpaired) electrons. The molecule has 1 aromatic carbocycles. The van der Waals surface area contributed by atoms with E-state index in [1.54, 1.807) is 0 Å². The molecule has 0 atom stereocenters. The van der Waals surface area contributed by atoms with Gasteiger partial charge < -0.3 is 0 Å². The molecule has 0 unspecified atom stereocenters. The zero-order valence-corrected chi connectivity index (χ0v) is 10.1. The van der Waals surface area contributed by atoms with E-state index in [0.717, 1.165) is 5.69 Å². The summed E-state index contributed by atoms with van der Waals surface area (Å²) in [6.45, 7) is 6.59. The summed E-state index contributed by atoms with van der Waals surface area (Å²) in [6.07, 6.45) is 1.87. The first-order valence-electron chi connectivity index (χ1n) is 5.60. The Morgan fingerprint density at radius 2 is 1.56 bits per heavy atom. The van der Waals surface area contributed by atoms with Gasteiger partial charge in [-0.15, -0.1) is 0 Å². The standard InChI is InChI=1S/C15H17N/c1-15(2,3)14-13(10-7-11-16-14)12-8-5-4-6-9-12/h4-11H,1-3H3. The van der Waals surface area contributed by atoms with Crippen LogP contribution < -0.4 is 0 Å². The van der Waals surface area contributed by atoms with Crippen LogP contribution >= 0.6 is 0 Å². The summed E-state index contributed by atoms with van der Waals surface area (Å²) in [5.41, 5.74) is 3.70. The Labute approximate surface area is 97.2 Å². The quantitative estimate of drug-likeness (QED) is 0.693. The number of hydrogen-bond acceptors (Lipinski definition) is 1. The van der Waals surface area contributed by atoms with Crippen LogP contribution in [0.3, 0.4) is 0 Å². The van der Waals surface area contributed by atoms with Gasteiger partial charge in [-0.2, -0.15) is 0 Å². The lowest BCUT2D eigenvalue weighted by Crippen LogP contribution is -2.14. The van der Waals surface area contributed by atoms with Gasteiger partial charge in [0.2, 0.25) is 0 Å². The number of nitrogens with zero attached hydrogens (tertiary/aromatic N) is 1. The first-order valence-corrected chi connectivity index (χ1v) is 5.60. The summed E-state index contributed by atoms with van der Waals surface area (Å²) in [5, 5.41) is 0. The molecule has 2 rings (SSSR count). The number of pyridine rings is 1. The first kappa shape index (κ1) is 10.9. The molecule has 82 valence electrons. The largest absolute Gasteiger partial charge is 0.260 e. The summed E-state index contributed by atoms with van der Waals surface area (Å²) in [6, 6.07) is 14.6. The lowest BCUT2D eigenvalue weighted by atomic mass is 9.86. The van der Waals surface area contributed by atoms with E-state index >= 15 is 0 Å². The Morgan fingerprint density at radius 1 is 0.875 bits per heavy atom. The molecule has 1 aromatic heterocycles. The monoisotopic (exact) mass is 211 g/mol. The molecular formula is C15H17N. The van der Waals surface area contributed by atoms with Crippen LogP contribution in [0.4, 0.5) is 0 Å². The van der Waals surface area contributed by atoms with Crippen LogP contribution in [0.1, 0.15) is 26.5 Å². The molecule has 0 bridgehead atoms. The minimum absolute atomic E-state index is 0.0758. The summed E-state index contributed by atoms with van der Waals surface area (Å²) < 4.78 is 0. The van der Waals surface area contributed by atoms with Crippen molar-refractivity contribution in [2.45, 2.75) is 26.2 Å². The molecule has 0 aliphatic rings. The van der Waals surface area contributed by atoms with Gasteiger partial charge in [-0.05, 0) is 11.6 Å². The van der Waals surface area contributed by atoms with Gasteiger partial charge in [-0.25, -0.2) is 0 Å². The Morgan fingerprint density at radius 3 is 2.19 bits per heavy atom. The molecule has 0 saturated carbocycles. The smallest absolute Gasteiger partial charge is 0.0535 e. The fourth-order valence-electron chi connectivity index (χ4n) is 1.85. The molecule has 0 spiro atoms. The summed E-state index contributed by atoms with van der Waals surface area (Å²) in [5.74, 6) is 0. The fourth-order valence-corrected chi connectivity index (χ4v) is 1.85. The Hall–Kier alpha value is -1.63. The maximum Gasteiger partial charge on any atom is 0.0535 e. The van der Waals surface area contributed by atoms with E-state index < -0.39 is 0 Å². The Balaban J connectivity index is 2.58. The third-order valence-electron chi connectivity index (χ3n) is 2.60. The van der Waals surface area contributed by atoms with Crippen LogP contribution in [0.15, 0.2) is 48.7 Å². The van der Waals surface area contributed by atoms with E-state index in [2.05, 4.69) is 56.1 Å². The zero-order chi connectivity index (χ0) is 11.6. The van der Waals surface area contributed by atoms with Gasteiger partial charge in [0.1, 0.15) is 0 Å². The maximum atomic E-state index is 4.53. The van der Waals surface area contributed by atoms with Crippen molar-refractivity contribution in [3.8, 4) is 11.1 Å². The van der Waals surface area contributed by atoms with E-state index in [1.807, 2.05) is 18.3 Å². The molecule has 0 N–H and O–H groups in total. The fraction of sp³-hybridized carbons (Fsp3) is 0.267. The minimum atomic E-state index is 0.0758. The van der Waals surface area contributed by atoms with E-state index in [9.17, 15) is 0 Å². The molecule has 0 saturated heterocycles. The number of hydrogen-bond donors (Lipinski definition) is 0. The van der Waals surface area contributed by atoms with Gasteiger partial charge in [-0.3, -0.25) is 4.98 Å². The van der Waals surface area contributed by atoms with Gasteiger partial charge in [0.25, 0.3) is 0 Å². The van der Waals surface area contributed by atoms with Crippen molar-refractivity contribution in [2.75, 3.05) is 0 Å². The van der Waals surface area contributed by atoms with Gasteiger partial charge in [0.05, 0.1) is 5.69 Å². The van der Waals surface area contributed by atoms with Crippen LogP contribution in [0.25, 0.3) is 11.1 Å². The highest BCUT2D eigenvalue weighted by Crippen LogP contribution is 2.30. The molecule has 0 aliphatic carbocycles. The van der Waals surface area contributed by atoms with E-state index in [4.69, 9.17) is 0 Å².